The monoisotopic (exact) mass is 214 g/mol. The maximum absolute atomic E-state index is 12.1. The van der Waals surface area contributed by atoms with E-state index in [9.17, 15) is 8.78 Å². The zero-order valence-corrected chi connectivity index (χ0v) is 8.12. The molecular formula is C10H12F2N2O. The second-order valence-corrected chi connectivity index (χ2v) is 3.27. The van der Waals surface area contributed by atoms with E-state index < -0.39 is 6.61 Å². The van der Waals surface area contributed by atoms with Crippen molar-refractivity contribution < 1.29 is 13.5 Å². The SMILES string of the molecule is FC(F)Oc1ccccc1N1CCNC1. The second-order valence-electron chi connectivity index (χ2n) is 3.27. The van der Waals surface area contributed by atoms with Gasteiger partial charge in [-0.3, -0.25) is 5.32 Å². The summed E-state index contributed by atoms with van der Waals surface area (Å²) in [6.07, 6.45) is 0. The molecule has 3 nitrogen and oxygen atoms in total. The van der Waals surface area contributed by atoms with Gasteiger partial charge in [0, 0.05) is 13.1 Å². The van der Waals surface area contributed by atoms with Crippen molar-refractivity contribution in [3.63, 3.8) is 0 Å². The predicted octanol–water partition coefficient (Wildman–Crippen LogP) is 1.66. The number of ether oxygens (including phenoxy) is 1. The molecule has 15 heavy (non-hydrogen) atoms. The Kier molecular flexibility index (Phi) is 3.01. The Morgan fingerprint density at radius 1 is 1.33 bits per heavy atom. The minimum atomic E-state index is -2.78. The van der Waals surface area contributed by atoms with Gasteiger partial charge in [-0.2, -0.15) is 8.78 Å². The van der Waals surface area contributed by atoms with Crippen molar-refractivity contribution in [2.75, 3.05) is 24.7 Å². The largest absolute Gasteiger partial charge is 0.433 e. The molecule has 0 atom stereocenters. The molecule has 0 radical (unpaired) electrons. The lowest BCUT2D eigenvalue weighted by molar-refractivity contribution is -0.0495. The highest BCUT2D eigenvalue weighted by Crippen LogP contribution is 2.29. The van der Waals surface area contributed by atoms with Crippen LogP contribution in [0.2, 0.25) is 0 Å². The van der Waals surface area contributed by atoms with Crippen molar-refractivity contribution in [3.8, 4) is 5.75 Å². The van der Waals surface area contributed by atoms with Crippen LogP contribution in [-0.4, -0.2) is 26.4 Å². The summed E-state index contributed by atoms with van der Waals surface area (Å²) < 4.78 is 28.7. The van der Waals surface area contributed by atoms with Gasteiger partial charge in [-0.1, -0.05) is 12.1 Å². The Labute approximate surface area is 86.6 Å². The Morgan fingerprint density at radius 3 is 2.80 bits per heavy atom. The quantitative estimate of drug-likeness (QED) is 0.828. The molecule has 1 heterocycles. The number of anilines is 1. The van der Waals surface area contributed by atoms with Crippen molar-refractivity contribution in [2.24, 2.45) is 0 Å². The second kappa shape index (κ2) is 4.44. The molecule has 0 unspecified atom stereocenters. The van der Waals surface area contributed by atoms with Gasteiger partial charge in [-0.05, 0) is 12.1 Å². The van der Waals surface area contributed by atoms with Crippen LogP contribution in [0.5, 0.6) is 5.75 Å². The van der Waals surface area contributed by atoms with E-state index in [0.29, 0.717) is 12.4 Å². The van der Waals surface area contributed by atoms with E-state index in [-0.39, 0.29) is 5.75 Å². The first-order chi connectivity index (χ1) is 7.27. The van der Waals surface area contributed by atoms with E-state index in [1.165, 1.54) is 0 Å². The highest BCUT2D eigenvalue weighted by atomic mass is 19.3. The Balaban J connectivity index is 2.20. The smallest absolute Gasteiger partial charge is 0.387 e. The normalized spacial score (nSPS) is 16.1. The first-order valence-electron chi connectivity index (χ1n) is 4.77. The number of halogens is 2. The maximum Gasteiger partial charge on any atom is 0.387 e. The number of nitrogens with one attached hydrogen (secondary N) is 1. The lowest BCUT2D eigenvalue weighted by atomic mass is 10.2. The summed E-state index contributed by atoms with van der Waals surface area (Å²) in [6, 6.07) is 6.83. The molecule has 1 aliphatic heterocycles. The first-order valence-corrected chi connectivity index (χ1v) is 4.77. The number of rotatable bonds is 3. The fraction of sp³-hybridized carbons (Fsp3) is 0.400. The van der Waals surface area contributed by atoms with E-state index in [0.717, 1.165) is 13.1 Å². The van der Waals surface area contributed by atoms with E-state index in [1.807, 2.05) is 11.0 Å². The molecule has 5 heteroatoms. The highest BCUT2D eigenvalue weighted by molar-refractivity contribution is 5.58. The molecule has 1 aliphatic rings. The van der Waals surface area contributed by atoms with Crippen LogP contribution in [0.4, 0.5) is 14.5 Å². The molecule has 0 amide bonds. The number of alkyl halides is 2. The third kappa shape index (κ3) is 2.36. The van der Waals surface area contributed by atoms with Crippen molar-refractivity contribution in [2.45, 2.75) is 6.61 Å². The van der Waals surface area contributed by atoms with E-state index in [2.05, 4.69) is 10.1 Å². The number of hydrogen-bond acceptors (Lipinski definition) is 3. The molecule has 1 aromatic rings. The fourth-order valence-corrected chi connectivity index (χ4v) is 1.63. The van der Waals surface area contributed by atoms with Crippen molar-refractivity contribution >= 4 is 5.69 Å². The molecule has 0 bridgehead atoms. The van der Waals surface area contributed by atoms with Crippen LogP contribution in [0.25, 0.3) is 0 Å². The van der Waals surface area contributed by atoms with E-state index in [4.69, 9.17) is 0 Å². The molecular weight excluding hydrogens is 202 g/mol. The van der Waals surface area contributed by atoms with Gasteiger partial charge in [-0.15, -0.1) is 0 Å². The minimum absolute atomic E-state index is 0.233. The van der Waals surface area contributed by atoms with Crippen molar-refractivity contribution in [1.29, 1.82) is 0 Å². The third-order valence-corrected chi connectivity index (χ3v) is 2.28. The van der Waals surface area contributed by atoms with E-state index >= 15 is 0 Å². The van der Waals surface area contributed by atoms with Crippen LogP contribution >= 0.6 is 0 Å². The standard InChI is InChI=1S/C10H12F2N2O/c11-10(12)15-9-4-2-1-3-8(9)14-6-5-13-7-14/h1-4,10,13H,5-7H2. The molecule has 0 aromatic heterocycles. The third-order valence-electron chi connectivity index (χ3n) is 2.28. The molecule has 1 fully saturated rings. The number of nitrogens with zero attached hydrogens (tertiary/aromatic N) is 1. The predicted molar refractivity (Wildman–Crippen MR) is 53.3 cm³/mol. The molecule has 1 saturated heterocycles. The van der Waals surface area contributed by atoms with Gasteiger partial charge < -0.3 is 9.64 Å². The lowest BCUT2D eigenvalue weighted by Gasteiger charge is -2.20. The molecule has 1 N–H and O–H groups in total. The Hall–Kier alpha value is -1.36. The van der Waals surface area contributed by atoms with Gasteiger partial charge in [-0.25, -0.2) is 0 Å². The zero-order valence-electron chi connectivity index (χ0n) is 8.12. The minimum Gasteiger partial charge on any atom is -0.433 e. The zero-order chi connectivity index (χ0) is 10.7. The summed E-state index contributed by atoms with van der Waals surface area (Å²) in [6.45, 7) is -0.433. The summed E-state index contributed by atoms with van der Waals surface area (Å²) >= 11 is 0. The average Bonchev–Trinajstić information content (AvgIpc) is 2.70. The van der Waals surface area contributed by atoms with Gasteiger partial charge >= 0.3 is 6.61 Å². The van der Waals surface area contributed by atoms with Gasteiger partial charge in [0.1, 0.15) is 5.75 Å². The molecule has 1 aromatic carbocycles. The summed E-state index contributed by atoms with van der Waals surface area (Å²) in [4.78, 5) is 1.97. The van der Waals surface area contributed by atoms with Crippen LogP contribution in [0.3, 0.4) is 0 Å². The number of benzene rings is 1. The van der Waals surface area contributed by atoms with Crippen LogP contribution in [0.1, 0.15) is 0 Å². The van der Waals surface area contributed by atoms with Gasteiger partial charge in [0.15, 0.2) is 0 Å². The maximum atomic E-state index is 12.1. The van der Waals surface area contributed by atoms with Crippen LogP contribution in [-0.2, 0) is 0 Å². The van der Waals surface area contributed by atoms with Crippen LogP contribution in [0, 0.1) is 0 Å². The summed E-state index contributed by atoms with van der Waals surface area (Å²) in [5.74, 6) is 0.233. The molecule has 0 spiro atoms. The number of hydrogen-bond donors (Lipinski definition) is 1. The highest BCUT2D eigenvalue weighted by Gasteiger charge is 2.17. The van der Waals surface area contributed by atoms with Crippen LogP contribution < -0.4 is 15.0 Å². The topological polar surface area (TPSA) is 24.5 Å². The number of para-hydroxylation sites is 2. The molecule has 0 saturated carbocycles. The van der Waals surface area contributed by atoms with Gasteiger partial charge in [0.25, 0.3) is 0 Å². The first kappa shape index (κ1) is 10.2. The lowest BCUT2D eigenvalue weighted by Crippen LogP contribution is -2.22. The van der Waals surface area contributed by atoms with Gasteiger partial charge in [0.05, 0.1) is 12.4 Å². The van der Waals surface area contributed by atoms with Gasteiger partial charge in [0.2, 0.25) is 0 Å². The van der Waals surface area contributed by atoms with Crippen molar-refractivity contribution in [1.82, 2.24) is 5.32 Å². The summed E-state index contributed by atoms with van der Waals surface area (Å²) in [5.41, 5.74) is 0.711. The average molecular weight is 214 g/mol. The molecule has 0 aliphatic carbocycles. The molecule has 82 valence electrons. The Morgan fingerprint density at radius 2 is 2.13 bits per heavy atom. The fourth-order valence-electron chi connectivity index (χ4n) is 1.63. The van der Waals surface area contributed by atoms with Crippen LogP contribution in [0.15, 0.2) is 24.3 Å². The Bertz CT molecular complexity index is 327. The summed E-state index contributed by atoms with van der Waals surface area (Å²) in [5, 5.41) is 3.13. The summed E-state index contributed by atoms with van der Waals surface area (Å²) in [7, 11) is 0. The molecule has 2 rings (SSSR count). The van der Waals surface area contributed by atoms with E-state index in [1.54, 1.807) is 18.2 Å². The van der Waals surface area contributed by atoms with Crippen molar-refractivity contribution in [3.05, 3.63) is 24.3 Å².